The van der Waals surface area contributed by atoms with E-state index in [4.69, 9.17) is 15.8 Å². The van der Waals surface area contributed by atoms with Gasteiger partial charge in [-0.1, -0.05) is 0 Å². The number of fused-ring (bicyclic) bond motifs is 1. The first kappa shape index (κ1) is 19.4. The average molecular weight is 511 g/mol. The summed E-state index contributed by atoms with van der Waals surface area (Å²) in [5.41, 5.74) is 9.98. The molecule has 0 aromatic carbocycles. The molecule has 1 saturated carbocycles. The summed E-state index contributed by atoms with van der Waals surface area (Å²) < 4.78 is 5.40. The molecule has 148 valence electrons. The third-order valence-corrected chi connectivity index (χ3v) is 7.43. The first-order chi connectivity index (χ1) is 13.4. The minimum Gasteiger partial charge on any atom is -0.481 e. The summed E-state index contributed by atoms with van der Waals surface area (Å²) in [7, 11) is 1.97. The zero-order chi connectivity index (χ0) is 20.0. The van der Waals surface area contributed by atoms with Gasteiger partial charge in [-0.2, -0.15) is 9.61 Å². The van der Waals surface area contributed by atoms with Crippen LogP contribution in [0.25, 0.3) is 16.8 Å². The molecule has 3 aromatic rings. The van der Waals surface area contributed by atoms with Crippen molar-refractivity contribution >= 4 is 49.3 Å². The summed E-state index contributed by atoms with van der Waals surface area (Å²) in [6, 6.07) is 2.03. The van der Waals surface area contributed by atoms with Gasteiger partial charge in [0.15, 0.2) is 5.65 Å². The molecule has 3 aromatic heterocycles. The fourth-order valence-electron chi connectivity index (χ4n) is 4.07. The Bertz CT molecular complexity index is 1050. The van der Waals surface area contributed by atoms with Gasteiger partial charge in [-0.05, 0) is 69.5 Å². The normalized spacial score (nSPS) is 20.0. The van der Waals surface area contributed by atoms with E-state index in [0.717, 1.165) is 57.2 Å². The van der Waals surface area contributed by atoms with Gasteiger partial charge in [-0.15, -0.1) is 0 Å². The van der Waals surface area contributed by atoms with Gasteiger partial charge in [0.2, 0.25) is 0 Å². The van der Waals surface area contributed by atoms with Crippen molar-refractivity contribution in [3.8, 4) is 11.1 Å². The molecule has 0 spiro atoms. The lowest BCUT2D eigenvalue weighted by molar-refractivity contribution is -0.138. The minimum absolute atomic E-state index is 0.247. The maximum absolute atomic E-state index is 11.0. The molecule has 1 aliphatic carbocycles. The second kappa shape index (κ2) is 7.51. The predicted molar refractivity (Wildman–Crippen MR) is 114 cm³/mol. The zero-order valence-corrected chi connectivity index (χ0v) is 18.6. The van der Waals surface area contributed by atoms with E-state index in [9.17, 15) is 4.79 Å². The van der Waals surface area contributed by atoms with Crippen LogP contribution in [0.1, 0.15) is 43.7 Å². The Labute approximate surface area is 179 Å². The number of carboxylic acids is 1. The Balaban J connectivity index is 1.72. The van der Waals surface area contributed by atoms with E-state index in [0.29, 0.717) is 5.82 Å². The quantitative estimate of drug-likeness (QED) is 0.534. The average Bonchev–Trinajstić information content (AvgIpc) is 3.22. The molecule has 9 heteroatoms. The number of aromatic nitrogens is 4. The van der Waals surface area contributed by atoms with Crippen LogP contribution in [0.3, 0.4) is 0 Å². The van der Waals surface area contributed by atoms with Gasteiger partial charge in [0, 0.05) is 36.7 Å². The molecule has 0 unspecified atom stereocenters. The van der Waals surface area contributed by atoms with E-state index >= 15 is 0 Å². The fourth-order valence-corrected chi connectivity index (χ4v) is 5.12. The molecule has 7 nitrogen and oxygen atoms in total. The summed E-state index contributed by atoms with van der Waals surface area (Å²) in [4.78, 5) is 15.9. The van der Waals surface area contributed by atoms with Crippen LogP contribution in [-0.4, -0.2) is 30.2 Å². The van der Waals surface area contributed by atoms with E-state index in [2.05, 4.69) is 37.0 Å². The summed E-state index contributed by atoms with van der Waals surface area (Å²) in [5.74, 6) is 0.324. The van der Waals surface area contributed by atoms with Crippen LogP contribution >= 0.6 is 31.9 Å². The molecule has 0 bridgehead atoms. The Kier molecular flexibility index (Phi) is 5.22. The van der Waals surface area contributed by atoms with E-state index in [1.54, 1.807) is 10.7 Å². The predicted octanol–water partition coefficient (Wildman–Crippen LogP) is 4.59. The number of rotatable bonds is 4. The summed E-state index contributed by atoms with van der Waals surface area (Å²) in [5, 5.41) is 13.5. The molecule has 0 radical (unpaired) electrons. The van der Waals surface area contributed by atoms with Crippen LogP contribution in [0.5, 0.6) is 0 Å². The third-order valence-electron chi connectivity index (χ3n) is 5.63. The van der Waals surface area contributed by atoms with E-state index in [1.807, 2.05) is 23.9 Å². The minimum atomic E-state index is -0.717. The molecular weight excluding hydrogens is 490 g/mol. The van der Waals surface area contributed by atoms with Gasteiger partial charge in [0.25, 0.3) is 0 Å². The van der Waals surface area contributed by atoms with Gasteiger partial charge in [0.05, 0.1) is 21.0 Å². The van der Waals surface area contributed by atoms with E-state index < -0.39 is 5.97 Å². The van der Waals surface area contributed by atoms with Crippen molar-refractivity contribution in [2.45, 2.75) is 38.0 Å². The molecule has 1 aliphatic rings. The number of carboxylic acid groups (broad SMARTS) is 1. The highest BCUT2D eigenvalue weighted by atomic mass is 79.9. The van der Waals surface area contributed by atoms with Crippen molar-refractivity contribution < 1.29 is 9.90 Å². The van der Waals surface area contributed by atoms with Crippen LogP contribution in [-0.2, 0) is 11.8 Å². The number of nitrogen functional groups attached to an aromatic ring is 1. The number of hydrogen-bond acceptors (Lipinski definition) is 4. The SMILES string of the molecule is Cn1ccc(-c2cnn3c(N)c(Br)c(C4CCC(CC(=O)O)CC4)nc23)c1Br. The first-order valence-electron chi connectivity index (χ1n) is 9.22. The second-order valence-corrected chi connectivity index (χ2v) is 8.98. The lowest BCUT2D eigenvalue weighted by Crippen LogP contribution is -2.18. The topological polar surface area (TPSA) is 98.4 Å². The summed E-state index contributed by atoms with van der Waals surface area (Å²) in [6.45, 7) is 0. The molecule has 0 atom stereocenters. The summed E-state index contributed by atoms with van der Waals surface area (Å²) in [6.07, 6.45) is 7.64. The number of halogens is 2. The largest absolute Gasteiger partial charge is 0.481 e. The Morgan fingerprint density at radius 3 is 2.61 bits per heavy atom. The van der Waals surface area contributed by atoms with Gasteiger partial charge in [0.1, 0.15) is 5.82 Å². The zero-order valence-electron chi connectivity index (χ0n) is 15.4. The molecule has 28 heavy (non-hydrogen) atoms. The van der Waals surface area contributed by atoms with Crippen LogP contribution in [0.2, 0.25) is 0 Å². The summed E-state index contributed by atoms with van der Waals surface area (Å²) >= 11 is 7.24. The second-order valence-electron chi connectivity index (χ2n) is 7.44. The van der Waals surface area contributed by atoms with E-state index in [-0.39, 0.29) is 18.3 Å². The molecule has 4 rings (SSSR count). The van der Waals surface area contributed by atoms with Crippen LogP contribution < -0.4 is 5.73 Å². The van der Waals surface area contributed by atoms with Crippen molar-refractivity contribution in [3.05, 3.63) is 33.2 Å². The van der Waals surface area contributed by atoms with Crippen LogP contribution in [0.4, 0.5) is 5.82 Å². The van der Waals surface area contributed by atoms with Gasteiger partial charge >= 0.3 is 5.97 Å². The monoisotopic (exact) mass is 509 g/mol. The number of aliphatic carboxylic acids is 1. The highest BCUT2D eigenvalue weighted by Gasteiger charge is 2.28. The van der Waals surface area contributed by atoms with Crippen molar-refractivity contribution in [1.82, 2.24) is 19.2 Å². The van der Waals surface area contributed by atoms with Crippen LogP contribution in [0.15, 0.2) is 27.5 Å². The molecule has 0 amide bonds. The maximum Gasteiger partial charge on any atom is 0.303 e. The molecule has 3 heterocycles. The number of aryl methyl sites for hydroxylation is 1. The maximum atomic E-state index is 11.0. The molecule has 0 saturated heterocycles. The number of nitrogens with two attached hydrogens (primary N) is 1. The van der Waals surface area contributed by atoms with Gasteiger partial charge in [-0.3, -0.25) is 4.79 Å². The number of anilines is 1. The lowest BCUT2D eigenvalue weighted by atomic mass is 9.79. The number of carbonyl (C=O) groups is 1. The van der Waals surface area contributed by atoms with Crippen molar-refractivity contribution in [1.29, 1.82) is 0 Å². The third kappa shape index (κ3) is 3.34. The fraction of sp³-hybridized carbons (Fsp3) is 0.421. The molecule has 1 fully saturated rings. The lowest BCUT2D eigenvalue weighted by Gasteiger charge is -2.28. The number of nitrogens with zero attached hydrogens (tertiary/aromatic N) is 4. The molecule has 0 aliphatic heterocycles. The number of hydrogen-bond donors (Lipinski definition) is 2. The molecule has 3 N–H and O–H groups in total. The first-order valence-corrected chi connectivity index (χ1v) is 10.8. The van der Waals surface area contributed by atoms with Gasteiger partial charge in [-0.25, -0.2) is 4.98 Å². The van der Waals surface area contributed by atoms with Crippen LogP contribution in [0, 0.1) is 5.92 Å². The standard InChI is InChI=1S/C19H21Br2N5O2/c1-25-7-6-12(17(25)21)13-9-23-26-18(22)15(20)16(24-19(13)26)11-4-2-10(3-5-11)8-14(27)28/h6-7,9-11H,2-5,8,22H2,1H3,(H,27,28). The Morgan fingerprint density at radius 2 is 2.00 bits per heavy atom. The van der Waals surface area contributed by atoms with Crippen molar-refractivity contribution in [2.75, 3.05) is 5.73 Å². The highest BCUT2D eigenvalue weighted by molar-refractivity contribution is 9.11. The van der Waals surface area contributed by atoms with Crippen molar-refractivity contribution in [2.24, 2.45) is 13.0 Å². The highest BCUT2D eigenvalue weighted by Crippen LogP contribution is 2.41. The molecular formula is C19H21Br2N5O2. The smallest absolute Gasteiger partial charge is 0.303 e. The Hall–Kier alpha value is -1.87. The van der Waals surface area contributed by atoms with Crippen molar-refractivity contribution in [3.63, 3.8) is 0 Å². The van der Waals surface area contributed by atoms with Gasteiger partial charge < -0.3 is 15.4 Å². The van der Waals surface area contributed by atoms with E-state index in [1.165, 1.54) is 0 Å². The Morgan fingerprint density at radius 1 is 1.29 bits per heavy atom.